The molecule has 1 aliphatic heterocycles. The number of benzene rings is 1. The average molecular weight is 482 g/mol. The summed E-state index contributed by atoms with van der Waals surface area (Å²) in [6.07, 6.45) is 1.34. The minimum Gasteiger partial charge on any atom is -0.491 e. The minimum absolute atomic E-state index is 0.138. The van der Waals surface area contributed by atoms with E-state index in [1.807, 2.05) is 38.7 Å². The number of carbonyl (C=O) groups excluding carboxylic acids is 1. The normalized spacial score (nSPS) is 15.3. The Kier molecular flexibility index (Phi) is 7.56. The number of nitrogens with zero attached hydrogens (tertiary/aromatic N) is 4. The van der Waals surface area contributed by atoms with E-state index >= 15 is 0 Å². The van der Waals surface area contributed by atoms with Gasteiger partial charge in [0.1, 0.15) is 5.60 Å². The van der Waals surface area contributed by atoms with Gasteiger partial charge in [0.15, 0.2) is 11.6 Å². The van der Waals surface area contributed by atoms with Crippen molar-refractivity contribution in [2.75, 3.05) is 43.5 Å². The molecule has 1 fully saturated rings. The molecule has 32 heavy (non-hydrogen) atoms. The van der Waals surface area contributed by atoms with Crippen LogP contribution in [0.5, 0.6) is 5.75 Å². The molecule has 0 bridgehead atoms. The lowest BCUT2D eigenvalue weighted by atomic mass is 10.1. The van der Waals surface area contributed by atoms with Gasteiger partial charge in [0.05, 0.1) is 19.3 Å². The third kappa shape index (κ3) is 6.07. The second kappa shape index (κ2) is 10.0. The van der Waals surface area contributed by atoms with Crippen LogP contribution in [0.1, 0.15) is 39.3 Å². The third-order valence-electron chi connectivity index (χ3n) is 4.96. The quantitative estimate of drug-likeness (QED) is 0.641. The summed E-state index contributed by atoms with van der Waals surface area (Å²) in [6.45, 7) is 9.83. The number of piperazine rings is 1. The lowest BCUT2D eigenvalue weighted by Crippen LogP contribution is -2.50. The van der Waals surface area contributed by atoms with Crippen molar-refractivity contribution in [2.45, 2.75) is 39.3 Å². The highest BCUT2D eigenvalue weighted by molar-refractivity contribution is 6.35. The molecular formula is C22H29Cl2N5O3. The fraction of sp³-hybridized carbons (Fsp3) is 0.500. The van der Waals surface area contributed by atoms with E-state index in [1.165, 1.54) is 0 Å². The first-order valence-electron chi connectivity index (χ1n) is 10.4. The molecule has 2 heterocycles. The summed E-state index contributed by atoms with van der Waals surface area (Å²) in [4.78, 5) is 25.2. The number of carbonyl (C=O) groups is 1. The molecular weight excluding hydrogens is 453 g/mol. The number of hydrogen-bond acceptors (Lipinski definition) is 7. The molecule has 1 atom stereocenters. The Bertz CT molecular complexity index is 959. The Hall–Kier alpha value is -2.45. The molecule has 1 unspecified atom stereocenters. The van der Waals surface area contributed by atoms with Crippen LogP contribution in [0, 0.1) is 0 Å². The van der Waals surface area contributed by atoms with Crippen LogP contribution in [0.15, 0.2) is 24.4 Å². The molecule has 0 radical (unpaired) electrons. The molecule has 0 saturated carbocycles. The van der Waals surface area contributed by atoms with Crippen LogP contribution in [0.2, 0.25) is 10.0 Å². The van der Waals surface area contributed by atoms with E-state index in [-0.39, 0.29) is 12.1 Å². The van der Waals surface area contributed by atoms with E-state index in [2.05, 4.69) is 15.3 Å². The van der Waals surface area contributed by atoms with Crippen molar-refractivity contribution in [3.8, 4) is 5.75 Å². The average Bonchev–Trinajstić information content (AvgIpc) is 2.72. The number of methoxy groups -OCH3 is 1. The summed E-state index contributed by atoms with van der Waals surface area (Å²) >= 11 is 12.4. The smallest absolute Gasteiger partial charge is 0.410 e. The summed E-state index contributed by atoms with van der Waals surface area (Å²) in [5.41, 5.74) is 0.377. The van der Waals surface area contributed by atoms with Crippen LogP contribution in [-0.2, 0) is 4.74 Å². The van der Waals surface area contributed by atoms with Gasteiger partial charge in [-0.05, 0) is 45.4 Å². The largest absolute Gasteiger partial charge is 0.491 e. The molecule has 8 nitrogen and oxygen atoms in total. The first-order valence-corrected chi connectivity index (χ1v) is 11.2. The molecule has 2 aromatic rings. The number of hydrogen-bond donors (Lipinski definition) is 1. The van der Waals surface area contributed by atoms with Crippen LogP contribution in [0.4, 0.5) is 16.6 Å². The molecule has 174 valence electrons. The number of anilines is 2. The zero-order valence-corrected chi connectivity index (χ0v) is 20.5. The van der Waals surface area contributed by atoms with E-state index in [4.69, 9.17) is 32.7 Å². The molecule has 10 heteroatoms. The highest BCUT2D eigenvalue weighted by Crippen LogP contribution is 2.31. The highest BCUT2D eigenvalue weighted by atomic mass is 35.5. The van der Waals surface area contributed by atoms with E-state index < -0.39 is 5.60 Å². The molecule has 1 N–H and O–H groups in total. The summed E-state index contributed by atoms with van der Waals surface area (Å²) < 4.78 is 10.9. The Morgan fingerprint density at radius 2 is 1.88 bits per heavy atom. The summed E-state index contributed by atoms with van der Waals surface area (Å²) in [7, 11) is 1.57. The van der Waals surface area contributed by atoms with E-state index in [0.717, 1.165) is 5.56 Å². The van der Waals surface area contributed by atoms with Crippen LogP contribution >= 0.6 is 23.2 Å². The van der Waals surface area contributed by atoms with Crippen LogP contribution in [0.25, 0.3) is 0 Å². The molecule has 1 saturated heterocycles. The second-order valence-corrected chi connectivity index (χ2v) is 9.42. The number of nitrogens with one attached hydrogen (secondary N) is 1. The Morgan fingerprint density at radius 3 is 2.47 bits per heavy atom. The highest BCUT2D eigenvalue weighted by Gasteiger charge is 2.27. The first-order chi connectivity index (χ1) is 15.1. The monoisotopic (exact) mass is 481 g/mol. The van der Waals surface area contributed by atoms with Crippen molar-refractivity contribution in [1.29, 1.82) is 0 Å². The van der Waals surface area contributed by atoms with Crippen molar-refractivity contribution in [3.05, 3.63) is 40.0 Å². The van der Waals surface area contributed by atoms with Gasteiger partial charge in [0, 0.05) is 36.2 Å². The molecule has 1 amide bonds. The Morgan fingerprint density at radius 1 is 1.19 bits per heavy atom. The Balaban J connectivity index is 1.71. The maximum absolute atomic E-state index is 12.3. The molecule has 0 aliphatic carbocycles. The Labute approximate surface area is 198 Å². The third-order valence-corrected chi connectivity index (χ3v) is 5.52. The number of ether oxygens (including phenoxy) is 2. The van der Waals surface area contributed by atoms with Crippen molar-refractivity contribution in [1.82, 2.24) is 14.9 Å². The van der Waals surface area contributed by atoms with Crippen molar-refractivity contribution in [3.63, 3.8) is 0 Å². The lowest BCUT2D eigenvalue weighted by molar-refractivity contribution is 0.0240. The van der Waals surface area contributed by atoms with Crippen LogP contribution in [0.3, 0.4) is 0 Å². The number of halogens is 2. The molecule has 1 aromatic carbocycles. The maximum atomic E-state index is 12.3. The van der Waals surface area contributed by atoms with Gasteiger partial charge < -0.3 is 24.6 Å². The van der Waals surface area contributed by atoms with Crippen LogP contribution < -0.4 is 15.0 Å². The summed E-state index contributed by atoms with van der Waals surface area (Å²) in [5, 5.41) is 4.51. The van der Waals surface area contributed by atoms with E-state index in [0.29, 0.717) is 53.7 Å². The molecule has 3 rings (SSSR count). The van der Waals surface area contributed by atoms with Crippen molar-refractivity contribution >= 4 is 41.1 Å². The van der Waals surface area contributed by atoms with E-state index in [1.54, 1.807) is 30.3 Å². The SMILES string of the molecule is COc1cnc(N2CCN(C(=O)OC(C)(C)C)CC2)nc1NC(C)c1ccc(Cl)cc1Cl. The van der Waals surface area contributed by atoms with Gasteiger partial charge in [-0.25, -0.2) is 9.78 Å². The predicted octanol–water partition coefficient (Wildman–Crippen LogP) is 5.02. The molecule has 1 aliphatic rings. The van der Waals surface area contributed by atoms with Crippen LogP contribution in [-0.4, -0.2) is 59.9 Å². The predicted molar refractivity (Wildman–Crippen MR) is 127 cm³/mol. The fourth-order valence-electron chi connectivity index (χ4n) is 3.32. The summed E-state index contributed by atoms with van der Waals surface area (Å²) in [6, 6.07) is 5.25. The number of amides is 1. The maximum Gasteiger partial charge on any atom is 0.410 e. The standard InChI is InChI=1S/C22H29Cl2N5O3/c1-14(16-7-6-15(23)12-17(16)24)26-19-18(31-5)13-25-20(27-19)28-8-10-29(11-9-28)21(30)32-22(2,3)4/h6-7,12-14H,8-11H2,1-5H3,(H,25,26,27). The van der Waals surface area contributed by atoms with Crippen molar-refractivity contribution < 1.29 is 14.3 Å². The second-order valence-electron chi connectivity index (χ2n) is 8.57. The zero-order valence-electron chi connectivity index (χ0n) is 19.0. The zero-order chi connectivity index (χ0) is 23.5. The van der Waals surface area contributed by atoms with Gasteiger partial charge in [-0.3, -0.25) is 0 Å². The minimum atomic E-state index is -0.516. The summed E-state index contributed by atoms with van der Waals surface area (Å²) in [5.74, 6) is 1.65. The fourth-order valence-corrected chi connectivity index (χ4v) is 3.89. The van der Waals surface area contributed by atoms with Gasteiger partial charge in [0.2, 0.25) is 5.95 Å². The van der Waals surface area contributed by atoms with Gasteiger partial charge in [-0.2, -0.15) is 4.98 Å². The van der Waals surface area contributed by atoms with Gasteiger partial charge in [0.25, 0.3) is 0 Å². The molecule has 0 spiro atoms. The first kappa shape index (κ1) is 24.2. The van der Waals surface area contributed by atoms with Crippen molar-refractivity contribution in [2.24, 2.45) is 0 Å². The lowest BCUT2D eigenvalue weighted by Gasteiger charge is -2.35. The molecule has 1 aromatic heterocycles. The van der Waals surface area contributed by atoms with Gasteiger partial charge >= 0.3 is 6.09 Å². The van der Waals surface area contributed by atoms with E-state index in [9.17, 15) is 4.79 Å². The van der Waals surface area contributed by atoms with Gasteiger partial charge in [-0.1, -0.05) is 29.3 Å². The number of rotatable bonds is 5. The topological polar surface area (TPSA) is 79.8 Å². The number of aromatic nitrogens is 2. The van der Waals surface area contributed by atoms with Gasteiger partial charge in [-0.15, -0.1) is 0 Å².